The number of aliphatic hydroxyl groups excluding tert-OH is 5. The van der Waals surface area contributed by atoms with Gasteiger partial charge in [0.1, 0.15) is 24.4 Å². The van der Waals surface area contributed by atoms with Crippen LogP contribution in [0.4, 0.5) is 0 Å². The third kappa shape index (κ3) is 3.84. The van der Waals surface area contributed by atoms with Gasteiger partial charge in [0.05, 0.1) is 6.61 Å². The van der Waals surface area contributed by atoms with Crippen molar-refractivity contribution in [2.24, 2.45) is 5.92 Å². The standard InChI is InChI=1S/C9H19NO5/c1-4(2)6(10)8(14)9(15)7(13)5(12)3-11/h4-5,7-15H,3H2,1-2H3. The van der Waals surface area contributed by atoms with Gasteiger partial charge in [-0.25, -0.2) is 0 Å². The molecular formula is C9H19NO5. The molecule has 0 aromatic carbocycles. The van der Waals surface area contributed by atoms with Gasteiger partial charge in [0.25, 0.3) is 0 Å². The minimum atomic E-state index is -1.68. The molecule has 90 valence electrons. The van der Waals surface area contributed by atoms with Gasteiger partial charge < -0.3 is 30.9 Å². The summed E-state index contributed by atoms with van der Waals surface area (Å²) in [5.74, 6) is -0.270. The van der Waals surface area contributed by atoms with E-state index in [9.17, 15) is 15.3 Å². The smallest absolute Gasteiger partial charge is 0.120 e. The molecule has 6 heteroatoms. The predicted molar refractivity (Wildman–Crippen MR) is 53.7 cm³/mol. The second-order valence-electron chi connectivity index (χ2n) is 3.79. The molecule has 0 aliphatic rings. The lowest BCUT2D eigenvalue weighted by atomic mass is 9.94. The second-order valence-corrected chi connectivity index (χ2v) is 3.79. The first-order chi connectivity index (χ1) is 6.82. The normalized spacial score (nSPS) is 19.7. The molecule has 0 aliphatic heterocycles. The monoisotopic (exact) mass is 221 g/mol. The van der Waals surface area contributed by atoms with Crippen LogP contribution in [0.15, 0.2) is 0 Å². The van der Waals surface area contributed by atoms with Crippen LogP contribution in [0.5, 0.6) is 0 Å². The van der Waals surface area contributed by atoms with E-state index in [4.69, 9.17) is 15.6 Å². The van der Waals surface area contributed by atoms with E-state index in [1.807, 2.05) is 0 Å². The molecule has 15 heavy (non-hydrogen) atoms. The van der Waals surface area contributed by atoms with Crippen LogP contribution in [0, 0.1) is 11.3 Å². The summed E-state index contributed by atoms with van der Waals surface area (Å²) in [7, 11) is 0. The van der Waals surface area contributed by atoms with Gasteiger partial charge in [-0.2, -0.15) is 0 Å². The molecule has 0 saturated carbocycles. The molecule has 0 fully saturated rings. The van der Waals surface area contributed by atoms with Gasteiger partial charge >= 0.3 is 0 Å². The first-order valence-corrected chi connectivity index (χ1v) is 4.74. The summed E-state index contributed by atoms with van der Waals surface area (Å²) in [6.07, 6.45) is -6.43. The van der Waals surface area contributed by atoms with Crippen LogP contribution in [-0.2, 0) is 0 Å². The van der Waals surface area contributed by atoms with Gasteiger partial charge in [-0.15, -0.1) is 0 Å². The zero-order valence-electron chi connectivity index (χ0n) is 8.83. The van der Waals surface area contributed by atoms with Crippen molar-refractivity contribution in [2.75, 3.05) is 6.61 Å². The summed E-state index contributed by atoms with van der Waals surface area (Å²) in [6.45, 7) is 2.60. The van der Waals surface area contributed by atoms with Gasteiger partial charge in [-0.3, -0.25) is 0 Å². The Labute approximate surface area is 88.3 Å². The average Bonchev–Trinajstić information content (AvgIpc) is 2.23. The minimum absolute atomic E-state index is 0.133. The van der Waals surface area contributed by atoms with E-state index in [-0.39, 0.29) is 11.6 Å². The van der Waals surface area contributed by atoms with Crippen LogP contribution in [0.1, 0.15) is 13.8 Å². The number of hydrogen-bond donors (Lipinski definition) is 6. The van der Waals surface area contributed by atoms with Gasteiger partial charge in [-0.05, 0) is 5.92 Å². The Kier molecular flexibility index (Phi) is 5.92. The van der Waals surface area contributed by atoms with Crippen molar-refractivity contribution in [3.63, 3.8) is 0 Å². The molecule has 0 saturated heterocycles. The molecule has 0 bridgehead atoms. The quantitative estimate of drug-likeness (QED) is 0.292. The Morgan fingerprint density at radius 1 is 1.07 bits per heavy atom. The molecule has 6 N–H and O–H groups in total. The highest BCUT2D eigenvalue weighted by Crippen LogP contribution is 2.10. The van der Waals surface area contributed by atoms with Gasteiger partial charge in [0.15, 0.2) is 0 Å². The third-order valence-electron chi connectivity index (χ3n) is 2.20. The molecular weight excluding hydrogens is 202 g/mol. The lowest BCUT2D eigenvalue weighted by molar-refractivity contribution is -0.101. The third-order valence-corrected chi connectivity index (χ3v) is 2.20. The summed E-state index contributed by atoms with van der Waals surface area (Å²) >= 11 is 0. The van der Waals surface area contributed by atoms with Crippen LogP contribution in [0.3, 0.4) is 0 Å². The van der Waals surface area contributed by atoms with Crippen LogP contribution in [-0.4, -0.2) is 62.3 Å². The van der Waals surface area contributed by atoms with E-state index in [0.717, 1.165) is 0 Å². The average molecular weight is 221 g/mol. The van der Waals surface area contributed by atoms with Crippen molar-refractivity contribution in [1.82, 2.24) is 0 Å². The molecule has 0 radical (unpaired) electrons. The van der Waals surface area contributed by atoms with E-state index < -0.39 is 31.0 Å². The fourth-order valence-electron chi connectivity index (χ4n) is 1.05. The van der Waals surface area contributed by atoms with Crippen molar-refractivity contribution in [2.45, 2.75) is 38.3 Å². The van der Waals surface area contributed by atoms with Crippen molar-refractivity contribution in [3.8, 4) is 0 Å². The van der Waals surface area contributed by atoms with Crippen LogP contribution in [0.2, 0.25) is 0 Å². The van der Waals surface area contributed by atoms with E-state index in [2.05, 4.69) is 0 Å². The van der Waals surface area contributed by atoms with Crippen LogP contribution >= 0.6 is 0 Å². The molecule has 0 aromatic rings. The molecule has 0 aliphatic carbocycles. The number of hydrogen-bond acceptors (Lipinski definition) is 6. The highest BCUT2D eigenvalue weighted by Gasteiger charge is 2.32. The maximum atomic E-state index is 9.44. The molecule has 0 heterocycles. The van der Waals surface area contributed by atoms with Crippen molar-refractivity contribution < 1.29 is 25.5 Å². The van der Waals surface area contributed by atoms with Crippen molar-refractivity contribution in [3.05, 3.63) is 0 Å². The van der Waals surface area contributed by atoms with E-state index >= 15 is 0 Å². The summed E-state index contributed by atoms with van der Waals surface area (Å²) < 4.78 is 0. The molecule has 0 amide bonds. The fourth-order valence-corrected chi connectivity index (χ4v) is 1.05. The fraction of sp³-hybridized carbons (Fsp3) is 0.889. The number of rotatable bonds is 6. The Hall–Kier alpha value is -0.530. The molecule has 0 spiro atoms. The van der Waals surface area contributed by atoms with Crippen LogP contribution in [0.25, 0.3) is 0 Å². The topological polar surface area (TPSA) is 125 Å². The van der Waals surface area contributed by atoms with Gasteiger partial charge in [-0.1, -0.05) is 13.8 Å². The SMILES string of the molecule is CC(C)C(=N)C(O)C(O)C(O)C(O)CO. The van der Waals surface area contributed by atoms with Crippen molar-refractivity contribution in [1.29, 1.82) is 5.41 Å². The molecule has 4 unspecified atom stereocenters. The maximum Gasteiger partial charge on any atom is 0.120 e. The Morgan fingerprint density at radius 2 is 1.53 bits per heavy atom. The highest BCUT2D eigenvalue weighted by atomic mass is 16.4. The molecule has 6 nitrogen and oxygen atoms in total. The largest absolute Gasteiger partial charge is 0.394 e. The lowest BCUT2D eigenvalue weighted by Crippen LogP contribution is -2.49. The summed E-state index contributed by atoms with van der Waals surface area (Å²) in [5.41, 5.74) is -0.133. The maximum absolute atomic E-state index is 9.44. The van der Waals surface area contributed by atoms with Crippen LogP contribution < -0.4 is 0 Å². The highest BCUT2D eigenvalue weighted by molar-refractivity contribution is 5.87. The molecule has 0 aromatic heterocycles. The summed E-state index contributed by atoms with van der Waals surface area (Å²) in [5, 5.41) is 53.1. The Bertz CT molecular complexity index is 209. The zero-order chi connectivity index (χ0) is 12.2. The zero-order valence-corrected chi connectivity index (χ0v) is 8.83. The first-order valence-electron chi connectivity index (χ1n) is 4.74. The first kappa shape index (κ1) is 14.5. The summed E-state index contributed by atoms with van der Waals surface area (Å²) in [4.78, 5) is 0. The van der Waals surface area contributed by atoms with Gasteiger partial charge in [0, 0.05) is 5.71 Å². The number of aliphatic hydroxyl groups is 5. The second kappa shape index (κ2) is 6.14. The van der Waals surface area contributed by atoms with E-state index in [1.54, 1.807) is 13.8 Å². The minimum Gasteiger partial charge on any atom is -0.394 e. The molecule has 4 atom stereocenters. The van der Waals surface area contributed by atoms with Gasteiger partial charge in [0.2, 0.25) is 0 Å². The summed E-state index contributed by atoms with van der Waals surface area (Å²) in [6, 6.07) is 0. The Balaban J connectivity index is 4.43. The lowest BCUT2D eigenvalue weighted by Gasteiger charge is -2.27. The number of nitrogens with one attached hydrogen (secondary N) is 1. The van der Waals surface area contributed by atoms with E-state index in [0.29, 0.717) is 0 Å². The Morgan fingerprint density at radius 3 is 1.87 bits per heavy atom. The van der Waals surface area contributed by atoms with Crippen molar-refractivity contribution >= 4 is 5.71 Å². The molecule has 0 rings (SSSR count). The van der Waals surface area contributed by atoms with E-state index in [1.165, 1.54) is 0 Å². The predicted octanol–water partition coefficient (Wildman–Crippen LogP) is -1.90.